The van der Waals surface area contributed by atoms with Crippen molar-refractivity contribution in [1.82, 2.24) is 5.01 Å². The number of hydrazone groups is 1. The maximum Gasteiger partial charge on any atom is 0.306 e. The van der Waals surface area contributed by atoms with Gasteiger partial charge in [0.15, 0.2) is 5.78 Å². The van der Waals surface area contributed by atoms with Gasteiger partial charge in [-0.25, -0.2) is 0 Å². The molecule has 2 aliphatic carbocycles. The van der Waals surface area contributed by atoms with E-state index >= 15 is 0 Å². The minimum Gasteiger partial charge on any atom is -0.874 e. The summed E-state index contributed by atoms with van der Waals surface area (Å²) in [6.07, 6.45) is 11.1. The fourth-order valence-corrected chi connectivity index (χ4v) is 6.19. The first-order chi connectivity index (χ1) is 22.7. The molecule has 0 spiro atoms. The number of carbonyl (C=O) groups is 2. The summed E-state index contributed by atoms with van der Waals surface area (Å²) in [5, 5.41) is 19.1. The first-order valence-corrected chi connectivity index (χ1v) is 16.9. The maximum atomic E-state index is 13.1. The van der Waals surface area contributed by atoms with Crippen molar-refractivity contribution >= 4 is 34.9 Å². The Balaban J connectivity index is 1.19. The van der Waals surface area contributed by atoms with Crippen LogP contribution in [-0.4, -0.2) is 89.5 Å². The van der Waals surface area contributed by atoms with Crippen LogP contribution in [0.25, 0.3) is 5.57 Å². The molecule has 0 radical (unpaired) electrons. The number of likely N-dealkylation sites (N-methyl/N-ethyl adjacent to an activating group) is 1. The molecule has 2 aliphatic rings. The van der Waals surface area contributed by atoms with E-state index in [1.165, 1.54) is 4.90 Å². The van der Waals surface area contributed by atoms with Crippen LogP contribution in [0.15, 0.2) is 83.7 Å². The van der Waals surface area contributed by atoms with Gasteiger partial charge < -0.3 is 29.6 Å². The number of esters is 1. The van der Waals surface area contributed by atoms with Gasteiger partial charge in [0, 0.05) is 76.0 Å². The second-order valence-corrected chi connectivity index (χ2v) is 12.4. The van der Waals surface area contributed by atoms with Crippen molar-refractivity contribution in [3.05, 3.63) is 89.7 Å². The Labute approximate surface area is 280 Å². The number of rotatable bonds is 17. The lowest BCUT2D eigenvalue weighted by atomic mass is 9.71. The van der Waals surface area contributed by atoms with Crippen molar-refractivity contribution in [1.29, 1.82) is 0 Å². The van der Waals surface area contributed by atoms with Crippen molar-refractivity contribution in [3.63, 3.8) is 0 Å². The zero-order chi connectivity index (χ0) is 33.9. The van der Waals surface area contributed by atoms with E-state index in [0.29, 0.717) is 37.1 Å². The van der Waals surface area contributed by atoms with E-state index in [4.69, 9.17) is 4.74 Å². The molecule has 0 aliphatic heterocycles. The van der Waals surface area contributed by atoms with Crippen molar-refractivity contribution in [3.8, 4) is 0 Å². The van der Waals surface area contributed by atoms with Gasteiger partial charge in [-0.05, 0) is 74.7 Å². The van der Waals surface area contributed by atoms with E-state index in [1.54, 1.807) is 5.01 Å². The van der Waals surface area contributed by atoms with Gasteiger partial charge in [0.05, 0.1) is 12.8 Å². The second-order valence-electron chi connectivity index (χ2n) is 12.4. The predicted molar refractivity (Wildman–Crippen MR) is 189 cm³/mol. The molecule has 0 aromatic heterocycles. The normalized spacial score (nSPS) is 19.5. The Morgan fingerprint density at radius 3 is 2.15 bits per heavy atom. The number of carbonyl (C=O) groups excluding carboxylic acids is 2. The SMILES string of the molecule is CCN(CC)c1ccc(C2=C([O-])C(C3C=CC([NH+](CC)CCOC(=O)CCCN(C)c4ccc(/C=N/N(C)C)cc4)C=C3)C2=O)cc1. The summed E-state index contributed by atoms with van der Waals surface area (Å²) in [7, 11) is 5.79. The van der Waals surface area contributed by atoms with E-state index in [1.807, 2.05) is 75.9 Å². The topological polar surface area (TPSA) is 92.9 Å². The summed E-state index contributed by atoms with van der Waals surface area (Å²) in [6, 6.07) is 16.0. The second kappa shape index (κ2) is 17.0. The average molecular weight is 642 g/mol. The molecule has 1 N–H and O–H groups in total. The molecule has 47 heavy (non-hydrogen) atoms. The van der Waals surface area contributed by atoms with Crippen LogP contribution in [0.3, 0.4) is 0 Å². The number of benzene rings is 2. The lowest BCUT2D eigenvalue weighted by Crippen LogP contribution is -3.15. The molecule has 0 amide bonds. The quantitative estimate of drug-likeness (QED) is 0.123. The number of ketones is 1. The molecular formula is C38H51N5O4. The molecule has 2 unspecified atom stereocenters. The molecule has 2 atom stereocenters. The Morgan fingerprint density at radius 2 is 1.57 bits per heavy atom. The smallest absolute Gasteiger partial charge is 0.306 e. The maximum absolute atomic E-state index is 13.1. The third kappa shape index (κ3) is 9.13. The molecule has 0 bridgehead atoms. The highest BCUT2D eigenvalue weighted by Crippen LogP contribution is 2.41. The summed E-state index contributed by atoms with van der Waals surface area (Å²) in [5.41, 5.74) is 4.23. The number of quaternary nitrogens is 1. The van der Waals surface area contributed by atoms with E-state index in [0.717, 1.165) is 43.1 Å². The fraction of sp³-hybridized carbons (Fsp3) is 0.447. The van der Waals surface area contributed by atoms with Gasteiger partial charge in [-0.1, -0.05) is 36.4 Å². The molecule has 0 fully saturated rings. The van der Waals surface area contributed by atoms with E-state index in [9.17, 15) is 14.7 Å². The predicted octanol–water partition coefficient (Wildman–Crippen LogP) is 3.17. The third-order valence-electron chi connectivity index (χ3n) is 9.07. The van der Waals surface area contributed by atoms with Crippen LogP contribution in [0.5, 0.6) is 0 Å². The van der Waals surface area contributed by atoms with E-state index < -0.39 is 5.92 Å². The van der Waals surface area contributed by atoms with Crippen molar-refractivity contribution in [2.45, 2.75) is 39.7 Å². The van der Waals surface area contributed by atoms with Gasteiger partial charge in [0.25, 0.3) is 0 Å². The molecule has 2 aromatic rings. The molecule has 9 nitrogen and oxygen atoms in total. The molecule has 0 heterocycles. The molecule has 2 aromatic carbocycles. The minimum atomic E-state index is -0.645. The van der Waals surface area contributed by atoms with Crippen LogP contribution >= 0.6 is 0 Å². The van der Waals surface area contributed by atoms with Crippen LogP contribution in [0.4, 0.5) is 11.4 Å². The number of nitrogens with one attached hydrogen (secondary N) is 1. The Morgan fingerprint density at radius 1 is 0.936 bits per heavy atom. The first-order valence-electron chi connectivity index (χ1n) is 16.9. The summed E-state index contributed by atoms with van der Waals surface area (Å²) in [5.74, 6) is -1.22. The zero-order valence-corrected chi connectivity index (χ0v) is 28.8. The zero-order valence-electron chi connectivity index (χ0n) is 28.8. The highest BCUT2D eigenvalue weighted by Gasteiger charge is 2.38. The van der Waals surface area contributed by atoms with Crippen molar-refractivity contribution in [2.24, 2.45) is 16.9 Å². The van der Waals surface area contributed by atoms with Gasteiger partial charge in [-0.3, -0.25) is 9.59 Å². The highest BCUT2D eigenvalue weighted by molar-refractivity contribution is 6.29. The Hall–Kier alpha value is -4.37. The van der Waals surface area contributed by atoms with Crippen molar-refractivity contribution < 1.29 is 24.3 Å². The Bertz CT molecular complexity index is 1440. The molecule has 0 saturated heterocycles. The molecule has 252 valence electrons. The fourth-order valence-electron chi connectivity index (χ4n) is 6.19. The van der Waals surface area contributed by atoms with E-state index in [2.05, 4.69) is 60.0 Å². The molecule has 4 rings (SSSR count). The van der Waals surface area contributed by atoms with Gasteiger partial charge in [-0.2, -0.15) is 5.10 Å². The van der Waals surface area contributed by atoms with Crippen molar-refractivity contribution in [2.75, 3.05) is 70.3 Å². The summed E-state index contributed by atoms with van der Waals surface area (Å²) >= 11 is 0. The number of Topliss-reactive ketones (excluding diaryl/α,β-unsaturated/α-hetero) is 1. The number of anilines is 2. The van der Waals surface area contributed by atoms with Gasteiger partial charge in [0.1, 0.15) is 19.2 Å². The van der Waals surface area contributed by atoms with Crippen LogP contribution < -0.4 is 19.8 Å². The number of nitrogens with zero attached hydrogens (tertiary/aromatic N) is 4. The molecule has 9 heteroatoms. The highest BCUT2D eigenvalue weighted by atomic mass is 16.5. The van der Waals surface area contributed by atoms with Crippen LogP contribution in [0.1, 0.15) is 44.7 Å². The van der Waals surface area contributed by atoms with Gasteiger partial charge in [0.2, 0.25) is 0 Å². The lowest BCUT2D eigenvalue weighted by Gasteiger charge is -2.40. The standard InChI is InChI=1S/C38H51N5O4/c1-7-42(8-2)32-20-14-29(15-21-32)35-37(45)36(38(35)46)30-16-22-33(23-17-30)43(9-3)25-26-47-34(44)11-10-24-41(6)31-18-12-28(13-19-31)27-39-40(4)5/h12-23,27,30,33,36,45H,7-11,24-26H2,1-6H3/b39-27+. The van der Waals surface area contributed by atoms with E-state index in [-0.39, 0.29) is 29.5 Å². The van der Waals surface area contributed by atoms with Crippen LogP contribution in [0, 0.1) is 11.8 Å². The summed E-state index contributed by atoms with van der Waals surface area (Å²) in [4.78, 5) is 31.2. The first kappa shape index (κ1) is 35.5. The minimum absolute atomic E-state index is 0.0790. The largest absolute Gasteiger partial charge is 0.874 e. The number of allylic oxidation sites excluding steroid dienone is 4. The number of hydrogen-bond donors (Lipinski definition) is 1. The average Bonchev–Trinajstić information content (AvgIpc) is 3.08. The molecular weight excluding hydrogens is 590 g/mol. The number of hydrogen-bond acceptors (Lipinski definition) is 8. The summed E-state index contributed by atoms with van der Waals surface area (Å²) < 4.78 is 5.58. The lowest BCUT2D eigenvalue weighted by molar-refractivity contribution is -0.910. The van der Waals surface area contributed by atoms with Gasteiger partial charge in [-0.15, -0.1) is 5.76 Å². The van der Waals surface area contributed by atoms with Crippen LogP contribution in [0.2, 0.25) is 0 Å². The number of ether oxygens (including phenoxy) is 1. The monoisotopic (exact) mass is 641 g/mol. The van der Waals surface area contributed by atoms with Crippen LogP contribution in [-0.2, 0) is 14.3 Å². The van der Waals surface area contributed by atoms with Gasteiger partial charge >= 0.3 is 5.97 Å². The third-order valence-corrected chi connectivity index (χ3v) is 9.07. The summed E-state index contributed by atoms with van der Waals surface area (Å²) in [6.45, 7) is 10.8. The Kier molecular flexibility index (Phi) is 12.8. The molecule has 0 saturated carbocycles.